The van der Waals surface area contributed by atoms with Crippen LogP contribution in [0.5, 0.6) is 0 Å². The van der Waals surface area contributed by atoms with Crippen LogP contribution in [0.2, 0.25) is 0 Å². The van der Waals surface area contributed by atoms with Crippen molar-refractivity contribution in [3.63, 3.8) is 0 Å². The lowest BCUT2D eigenvalue weighted by Gasteiger charge is -1.96. The molecule has 1 aliphatic carbocycles. The molecule has 13 heavy (non-hydrogen) atoms. The van der Waals surface area contributed by atoms with E-state index in [1.807, 2.05) is 12.1 Å². The molecule has 1 aromatic rings. The fourth-order valence-corrected chi connectivity index (χ4v) is 2.04. The molecule has 2 heteroatoms. The second-order valence-electron chi connectivity index (χ2n) is 3.39. The number of aromatic nitrogens is 1. The van der Waals surface area contributed by atoms with Crippen molar-refractivity contribution >= 4 is 22.0 Å². The number of halogens is 1. The van der Waals surface area contributed by atoms with E-state index < -0.39 is 0 Å². The highest BCUT2D eigenvalue weighted by Gasteiger charge is 2.06. The van der Waals surface area contributed by atoms with Gasteiger partial charge in [-0.3, -0.25) is 0 Å². The van der Waals surface area contributed by atoms with Gasteiger partial charge in [-0.1, -0.05) is 11.6 Å². The Morgan fingerprint density at radius 1 is 1.23 bits per heavy atom. The fraction of sp³-hybridized carbons (Fsp3) is 0.364. The van der Waals surface area contributed by atoms with Crippen molar-refractivity contribution in [3.05, 3.63) is 34.1 Å². The summed E-state index contributed by atoms with van der Waals surface area (Å²) in [4.78, 5) is 4.38. The minimum Gasteiger partial charge on any atom is -0.242 e. The summed E-state index contributed by atoms with van der Waals surface area (Å²) in [7, 11) is 0. The smallest absolute Gasteiger partial charge is 0.106 e. The highest BCUT2D eigenvalue weighted by Crippen LogP contribution is 2.25. The van der Waals surface area contributed by atoms with Crippen molar-refractivity contribution in [2.45, 2.75) is 25.7 Å². The maximum absolute atomic E-state index is 4.38. The van der Waals surface area contributed by atoms with Gasteiger partial charge in [0.1, 0.15) is 4.60 Å². The number of pyridine rings is 1. The minimum absolute atomic E-state index is 0.917. The predicted molar refractivity (Wildman–Crippen MR) is 58.4 cm³/mol. The second kappa shape index (κ2) is 4.05. The van der Waals surface area contributed by atoms with Gasteiger partial charge in [0.25, 0.3) is 0 Å². The normalized spacial score (nSPS) is 16.2. The van der Waals surface area contributed by atoms with Crippen LogP contribution in [0.3, 0.4) is 0 Å². The lowest BCUT2D eigenvalue weighted by Crippen LogP contribution is -1.82. The van der Waals surface area contributed by atoms with Crippen LogP contribution in [0.4, 0.5) is 0 Å². The number of rotatable bonds is 1. The van der Waals surface area contributed by atoms with Crippen LogP contribution in [-0.4, -0.2) is 4.98 Å². The van der Waals surface area contributed by atoms with Gasteiger partial charge in [-0.05, 0) is 59.8 Å². The molecule has 0 saturated heterocycles. The van der Waals surface area contributed by atoms with E-state index in [1.165, 1.54) is 25.7 Å². The molecular formula is C11H12BrN. The summed E-state index contributed by atoms with van der Waals surface area (Å²) in [5.41, 5.74) is 2.62. The first-order chi connectivity index (χ1) is 6.34. The predicted octanol–water partition coefficient (Wildman–Crippen LogP) is 3.80. The molecule has 0 aliphatic heterocycles. The number of hydrogen-bond donors (Lipinski definition) is 0. The van der Waals surface area contributed by atoms with Gasteiger partial charge in [-0.2, -0.15) is 0 Å². The van der Waals surface area contributed by atoms with Crippen LogP contribution in [0.25, 0.3) is 6.08 Å². The van der Waals surface area contributed by atoms with E-state index in [2.05, 4.69) is 33.1 Å². The van der Waals surface area contributed by atoms with Crippen LogP contribution in [0.1, 0.15) is 31.4 Å². The Morgan fingerprint density at radius 3 is 2.69 bits per heavy atom. The number of nitrogens with zero attached hydrogens (tertiary/aromatic N) is 1. The van der Waals surface area contributed by atoms with Crippen molar-refractivity contribution in [2.24, 2.45) is 0 Å². The Labute approximate surface area is 87.0 Å². The molecule has 0 N–H and O–H groups in total. The molecule has 1 nitrogen and oxygen atoms in total. The molecular weight excluding hydrogens is 226 g/mol. The highest BCUT2D eigenvalue weighted by molar-refractivity contribution is 9.10. The average Bonchev–Trinajstić information content (AvgIpc) is 2.57. The molecule has 0 aromatic carbocycles. The number of allylic oxidation sites excluding steroid dienone is 1. The summed E-state index contributed by atoms with van der Waals surface area (Å²) in [6.45, 7) is 0. The molecule has 0 unspecified atom stereocenters. The summed E-state index contributed by atoms with van der Waals surface area (Å²) in [6, 6.07) is 6.03. The molecule has 0 amide bonds. The van der Waals surface area contributed by atoms with Crippen molar-refractivity contribution < 1.29 is 0 Å². The van der Waals surface area contributed by atoms with E-state index in [0.717, 1.165) is 10.3 Å². The van der Waals surface area contributed by atoms with Crippen LogP contribution < -0.4 is 0 Å². The molecule has 0 radical (unpaired) electrons. The zero-order chi connectivity index (χ0) is 9.10. The Bertz CT molecular complexity index is 323. The second-order valence-corrected chi connectivity index (χ2v) is 4.21. The Morgan fingerprint density at radius 2 is 2.00 bits per heavy atom. The van der Waals surface area contributed by atoms with E-state index in [1.54, 1.807) is 5.57 Å². The van der Waals surface area contributed by atoms with E-state index in [0.29, 0.717) is 0 Å². The lowest BCUT2D eigenvalue weighted by molar-refractivity contribution is 0.886. The third-order valence-electron chi connectivity index (χ3n) is 2.33. The van der Waals surface area contributed by atoms with E-state index in [-0.39, 0.29) is 0 Å². The van der Waals surface area contributed by atoms with Gasteiger partial charge in [0.15, 0.2) is 0 Å². The largest absolute Gasteiger partial charge is 0.242 e. The molecule has 0 bridgehead atoms. The lowest BCUT2D eigenvalue weighted by atomic mass is 10.2. The van der Waals surface area contributed by atoms with Crippen LogP contribution in [0, 0.1) is 0 Å². The fourth-order valence-electron chi connectivity index (χ4n) is 1.69. The summed E-state index contributed by atoms with van der Waals surface area (Å²) in [5, 5.41) is 0. The third kappa shape index (κ3) is 2.41. The summed E-state index contributed by atoms with van der Waals surface area (Å²) >= 11 is 3.37. The minimum atomic E-state index is 0.917. The highest BCUT2D eigenvalue weighted by atomic mass is 79.9. The summed E-state index contributed by atoms with van der Waals surface area (Å²) in [5.74, 6) is 0. The van der Waals surface area contributed by atoms with Gasteiger partial charge in [-0.25, -0.2) is 4.98 Å². The standard InChI is InChI=1S/C11H12BrN/c12-11-7-3-6-10(13-11)8-9-4-1-2-5-9/h3,6-8H,1-2,4-5H2. The Hall–Kier alpha value is -0.630. The van der Waals surface area contributed by atoms with Gasteiger partial charge < -0.3 is 0 Å². The zero-order valence-electron chi connectivity index (χ0n) is 7.46. The first-order valence-electron chi connectivity index (χ1n) is 4.66. The topological polar surface area (TPSA) is 12.9 Å². The van der Waals surface area contributed by atoms with E-state index in [4.69, 9.17) is 0 Å². The molecule has 1 saturated carbocycles. The molecule has 2 rings (SSSR count). The molecule has 0 spiro atoms. The first-order valence-corrected chi connectivity index (χ1v) is 5.46. The maximum Gasteiger partial charge on any atom is 0.106 e. The van der Waals surface area contributed by atoms with Crippen molar-refractivity contribution in [2.75, 3.05) is 0 Å². The van der Waals surface area contributed by atoms with Gasteiger partial charge >= 0.3 is 0 Å². The van der Waals surface area contributed by atoms with Gasteiger partial charge in [0.2, 0.25) is 0 Å². The van der Waals surface area contributed by atoms with Gasteiger partial charge in [0, 0.05) is 0 Å². The average molecular weight is 238 g/mol. The first kappa shape index (κ1) is 8.95. The molecule has 1 aromatic heterocycles. The molecule has 0 atom stereocenters. The maximum atomic E-state index is 4.38. The zero-order valence-corrected chi connectivity index (χ0v) is 9.05. The van der Waals surface area contributed by atoms with Crippen LogP contribution in [0.15, 0.2) is 28.4 Å². The van der Waals surface area contributed by atoms with Crippen LogP contribution >= 0.6 is 15.9 Å². The number of hydrogen-bond acceptors (Lipinski definition) is 1. The molecule has 68 valence electrons. The van der Waals surface area contributed by atoms with E-state index >= 15 is 0 Å². The van der Waals surface area contributed by atoms with Gasteiger partial charge in [-0.15, -0.1) is 0 Å². The molecule has 1 aliphatic rings. The third-order valence-corrected chi connectivity index (χ3v) is 2.78. The monoisotopic (exact) mass is 237 g/mol. The van der Waals surface area contributed by atoms with Crippen molar-refractivity contribution in [1.29, 1.82) is 0 Å². The molecule has 1 fully saturated rings. The van der Waals surface area contributed by atoms with E-state index in [9.17, 15) is 0 Å². The van der Waals surface area contributed by atoms with Gasteiger partial charge in [0.05, 0.1) is 5.69 Å². The SMILES string of the molecule is Brc1cccc(C=C2CCCC2)n1. The Kier molecular flexibility index (Phi) is 2.79. The summed E-state index contributed by atoms with van der Waals surface area (Å²) in [6.07, 6.45) is 7.43. The van der Waals surface area contributed by atoms with Crippen molar-refractivity contribution in [3.8, 4) is 0 Å². The summed E-state index contributed by atoms with van der Waals surface area (Å²) < 4.78 is 0.917. The Balaban J connectivity index is 2.21. The quantitative estimate of drug-likeness (QED) is 0.678. The van der Waals surface area contributed by atoms with Crippen molar-refractivity contribution in [1.82, 2.24) is 4.98 Å². The molecule has 1 heterocycles. The van der Waals surface area contributed by atoms with Crippen LogP contribution in [-0.2, 0) is 0 Å².